The van der Waals surface area contributed by atoms with Crippen molar-refractivity contribution < 1.29 is 14.3 Å². The Balaban J connectivity index is 2.36. The lowest BCUT2D eigenvalue weighted by atomic mass is 10.1. The minimum Gasteiger partial charge on any atom is -0.478 e. The van der Waals surface area contributed by atoms with Crippen molar-refractivity contribution in [1.29, 1.82) is 0 Å². The molecule has 0 aliphatic rings. The maximum Gasteiger partial charge on any atom is 0.335 e. The average molecular weight is 279 g/mol. The number of aromatic nitrogens is 3. The van der Waals surface area contributed by atoms with Gasteiger partial charge in [-0.25, -0.2) is 9.78 Å². The van der Waals surface area contributed by atoms with Crippen LogP contribution in [0.3, 0.4) is 0 Å². The van der Waals surface area contributed by atoms with E-state index in [0.29, 0.717) is 16.1 Å². The largest absolute Gasteiger partial charge is 0.478 e. The molecule has 0 saturated heterocycles. The first-order valence-electron chi connectivity index (χ1n) is 5.69. The molecule has 2 aromatic heterocycles. The predicted octanol–water partition coefficient (Wildman–Crippen LogP) is 2.75. The second-order valence-corrected chi connectivity index (χ2v) is 5.24. The van der Waals surface area contributed by atoms with Crippen LogP contribution in [0, 0.1) is 6.92 Å². The molecule has 1 N–H and O–H groups in total. The molecule has 0 aromatic carbocycles. The van der Waals surface area contributed by atoms with Crippen molar-refractivity contribution in [2.45, 2.75) is 36.9 Å². The van der Waals surface area contributed by atoms with Gasteiger partial charge in [-0.3, -0.25) is 0 Å². The van der Waals surface area contributed by atoms with Crippen LogP contribution in [0.2, 0.25) is 0 Å². The Morgan fingerprint density at radius 2 is 2.11 bits per heavy atom. The zero-order chi connectivity index (χ0) is 14.0. The molecule has 2 aromatic rings. The van der Waals surface area contributed by atoms with Gasteiger partial charge in [-0.05, 0) is 29.8 Å². The van der Waals surface area contributed by atoms with Crippen LogP contribution in [-0.4, -0.2) is 26.3 Å². The van der Waals surface area contributed by atoms with Gasteiger partial charge in [0.15, 0.2) is 0 Å². The van der Waals surface area contributed by atoms with Gasteiger partial charge in [-0.15, -0.1) is 10.2 Å². The zero-order valence-corrected chi connectivity index (χ0v) is 11.6. The maximum atomic E-state index is 11.1. The second kappa shape index (κ2) is 5.40. The van der Waals surface area contributed by atoms with Crippen molar-refractivity contribution in [1.82, 2.24) is 15.2 Å². The van der Waals surface area contributed by atoms with Gasteiger partial charge in [0.05, 0.1) is 5.56 Å². The highest BCUT2D eigenvalue weighted by Crippen LogP contribution is 2.27. The highest BCUT2D eigenvalue weighted by molar-refractivity contribution is 7.99. The van der Waals surface area contributed by atoms with E-state index in [9.17, 15) is 4.79 Å². The summed E-state index contributed by atoms with van der Waals surface area (Å²) < 4.78 is 5.24. The molecule has 0 bridgehead atoms. The van der Waals surface area contributed by atoms with Crippen LogP contribution in [0.4, 0.5) is 0 Å². The van der Waals surface area contributed by atoms with Gasteiger partial charge < -0.3 is 9.52 Å². The van der Waals surface area contributed by atoms with Gasteiger partial charge in [0.2, 0.25) is 5.89 Å². The number of nitrogens with zero attached hydrogens (tertiary/aromatic N) is 3. The third-order valence-corrected chi connectivity index (χ3v) is 3.12. The van der Waals surface area contributed by atoms with E-state index in [0.717, 1.165) is 17.5 Å². The number of pyridine rings is 1. The van der Waals surface area contributed by atoms with Crippen LogP contribution in [0.5, 0.6) is 0 Å². The van der Waals surface area contributed by atoms with E-state index >= 15 is 0 Å². The average Bonchev–Trinajstić information content (AvgIpc) is 2.74. The van der Waals surface area contributed by atoms with Crippen molar-refractivity contribution in [3.8, 4) is 0 Å². The van der Waals surface area contributed by atoms with Crippen LogP contribution in [0.1, 0.15) is 41.7 Å². The summed E-state index contributed by atoms with van der Waals surface area (Å²) in [5.41, 5.74) is 0.927. The van der Waals surface area contributed by atoms with Gasteiger partial charge in [-0.1, -0.05) is 13.8 Å². The first kappa shape index (κ1) is 13.5. The monoisotopic (exact) mass is 279 g/mol. The van der Waals surface area contributed by atoms with Crippen LogP contribution >= 0.6 is 11.8 Å². The Morgan fingerprint density at radius 1 is 1.37 bits per heavy atom. The van der Waals surface area contributed by atoms with Gasteiger partial charge in [0.1, 0.15) is 5.03 Å². The van der Waals surface area contributed by atoms with Crippen molar-refractivity contribution in [2.24, 2.45) is 0 Å². The number of carboxylic acids is 1. The summed E-state index contributed by atoms with van der Waals surface area (Å²) in [6.07, 6.45) is 0. The van der Waals surface area contributed by atoms with Crippen molar-refractivity contribution in [3.63, 3.8) is 0 Å². The summed E-state index contributed by atoms with van der Waals surface area (Å²) in [6, 6.07) is 3.08. The number of carbonyl (C=O) groups is 1. The molecule has 0 fully saturated rings. The molecular weight excluding hydrogens is 266 g/mol. The lowest BCUT2D eigenvalue weighted by molar-refractivity contribution is 0.0696. The number of rotatable bonds is 4. The molecular formula is C12H13N3O3S. The molecule has 7 heteroatoms. The fourth-order valence-corrected chi connectivity index (χ4v) is 2.17. The molecule has 19 heavy (non-hydrogen) atoms. The molecule has 100 valence electrons. The topological polar surface area (TPSA) is 89.1 Å². The van der Waals surface area contributed by atoms with E-state index in [1.54, 1.807) is 13.0 Å². The minimum absolute atomic E-state index is 0.142. The Kier molecular flexibility index (Phi) is 3.84. The molecule has 2 rings (SSSR count). The molecule has 0 spiro atoms. The summed E-state index contributed by atoms with van der Waals surface area (Å²) in [5.74, 6) is -0.378. The van der Waals surface area contributed by atoms with Gasteiger partial charge >= 0.3 is 5.97 Å². The SMILES string of the molecule is Cc1nnc(Sc2cc(C(=O)O)cc(C(C)C)n2)o1. The van der Waals surface area contributed by atoms with E-state index in [1.807, 2.05) is 13.8 Å². The van der Waals surface area contributed by atoms with E-state index < -0.39 is 5.97 Å². The van der Waals surface area contributed by atoms with Crippen LogP contribution in [-0.2, 0) is 0 Å². The lowest BCUT2D eigenvalue weighted by Gasteiger charge is -2.07. The number of hydrogen-bond donors (Lipinski definition) is 1. The third-order valence-electron chi connectivity index (χ3n) is 2.36. The summed E-state index contributed by atoms with van der Waals surface area (Å²) in [7, 11) is 0. The Morgan fingerprint density at radius 3 is 2.63 bits per heavy atom. The molecule has 0 amide bonds. The zero-order valence-electron chi connectivity index (χ0n) is 10.7. The Labute approximate surface area is 114 Å². The molecule has 0 aliphatic carbocycles. The van der Waals surface area contributed by atoms with E-state index in [4.69, 9.17) is 9.52 Å². The summed E-state index contributed by atoms with van der Waals surface area (Å²) in [4.78, 5) is 15.5. The fourth-order valence-electron chi connectivity index (χ4n) is 1.41. The molecule has 0 atom stereocenters. The molecule has 6 nitrogen and oxygen atoms in total. The highest BCUT2D eigenvalue weighted by Gasteiger charge is 2.13. The molecule has 2 heterocycles. The first-order chi connectivity index (χ1) is 8.95. The van der Waals surface area contributed by atoms with E-state index in [1.165, 1.54) is 6.07 Å². The number of carboxylic acid groups (broad SMARTS) is 1. The van der Waals surface area contributed by atoms with E-state index in [-0.39, 0.29) is 11.5 Å². The summed E-state index contributed by atoms with van der Waals surface area (Å²) >= 11 is 1.16. The van der Waals surface area contributed by atoms with Crippen molar-refractivity contribution in [3.05, 3.63) is 29.3 Å². The summed E-state index contributed by atoms with van der Waals surface area (Å²) in [6.45, 7) is 5.61. The molecule has 0 saturated carbocycles. The Hall–Kier alpha value is -1.89. The van der Waals surface area contributed by atoms with Crippen LogP contribution in [0.15, 0.2) is 26.8 Å². The predicted molar refractivity (Wildman–Crippen MR) is 68.4 cm³/mol. The second-order valence-electron chi connectivity index (χ2n) is 4.27. The van der Waals surface area contributed by atoms with Gasteiger partial charge in [0.25, 0.3) is 5.22 Å². The van der Waals surface area contributed by atoms with Crippen LogP contribution in [0.25, 0.3) is 0 Å². The van der Waals surface area contributed by atoms with Crippen molar-refractivity contribution in [2.75, 3.05) is 0 Å². The van der Waals surface area contributed by atoms with Gasteiger partial charge in [-0.2, -0.15) is 0 Å². The number of hydrogen-bond acceptors (Lipinski definition) is 6. The smallest absolute Gasteiger partial charge is 0.335 e. The third kappa shape index (κ3) is 3.31. The molecule has 0 aliphatic heterocycles. The fraction of sp³-hybridized carbons (Fsp3) is 0.333. The normalized spacial score (nSPS) is 10.9. The van der Waals surface area contributed by atoms with Crippen LogP contribution < -0.4 is 0 Å². The minimum atomic E-state index is -0.979. The summed E-state index contributed by atoms with van der Waals surface area (Å²) in [5, 5.41) is 17.5. The number of aromatic carboxylic acids is 1. The molecule has 0 unspecified atom stereocenters. The van der Waals surface area contributed by atoms with Crippen molar-refractivity contribution >= 4 is 17.7 Å². The van der Waals surface area contributed by atoms with E-state index in [2.05, 4.69) is 15.2 Å². The quantitative estimate of drug-likeness (QED) is 0.920. The number of aryl methyl sites for hydroxylation is 1. The standard InChI is InChI=1S/C12H13N3O3S/c1-6(2)9-4-8(11(16)17)5-10(13-9)19-12-15-14-7(3)18-12/h4-6H,1-3H3,(H,16,17). The Bertz CT molecular complexity index is 610. The first-order valence-corrected chi connectivity index (χ1v) is 6.50. The molecule has 0 radical (unpaired) electrons. The maximum absolute atomic E-state index is 11.1. The lowest BCUT2D eigenvalue weighted by Crippen LogP contribution is -2.02. The van der Waals surface area contributed by atoms with Gasteiger partial charge in [0, 0.05) is 12.6 Å². The highest BCUT2D eigenvalue weighted by atomic mass is 32.2.